The molecular weight excluding hydrogens is 304 g/mol. The quantitative estimate of drug-likeness (QED) is 0.447. The Morgan fingerprint density at radius 1 is 1.26 bits per heavy atom. The number of carbonyl (C=O) groups excluding carboxylic acids is 2. The largest absolute Gasteiger partial charge is 0.379 e. The van der Waals surface area contributed by atoms with E-state index in [4.69, 9.17) is 4.74 Å². The first kappa shape index (κ1) is 16.8. The molecule has 0 aromatic heterocycles. The number of ether oxygens (including phenoxy) is 1. The second-order valence-corrected chi connectivity index (χ2v) is 4.97. The lowest BCUT2D eigenvalue weighted by atomic mass is 10.3. The van der Waals surface area contributed by atoms with Crippen LogP contribution in [0.3, 0.4) is 0 Å². The third-order valence-corrected chi connectivity index (χ3v) is 3.34. The van der Waals surface area contributed by atoms with Crippen molar-refractivity contribution in [1.29, 1.82) is 0 Å². The highest BCUT2D eigenvalue weighted by Gasteiger charge is 2.16. The fourth-order valence-electron chi connectivity index (χ4n) is 2.12. The third kappa shape index (κ3) is 5.31. The number of nitrogens with zero attached hydrogens (tertiary/aromatic N) is 2. The number of carbonyl (C=O) groups is 2. The minimum absolute atomic E-state index is 0.157. The lowest BCUT2D eigenvalue weighted by Crippen LogP contribution is -2.43. The van der Waals surface area contributed by atoms with E-state index in [0.717, 1.165) is 13.1 Å². The van der Waals surface area contributed by atoms with Crippen molar-refractivity contribution in [1.82, 2.24) is 10.2 Å². The molecular formula is C14H18N4O5. The Balaban J connectivity index is 1.77. The van der Waals surface area contributed by atoms with Crippen LogP contribution in [0, 0.1) is 10.1 Å². The number of nitro groups is 1. The van der Waals surface area contributed by atoms with Crippen molar-refractivity contribution in [2.75, 3.05) is 44.7 Å². The molecule has 1 fully saturated rings. The van der Waals surface area contributed by atoms with E-state index >= 15 is 0 Å². The summed E-state index contributed by atoms with van der Waals surface area (Å²) in [5.41, 5.74) is 0.0445. The molecule has 9 heteroatoms. The molecule has 0 saturated carbocycles. The Labute approximate surface area is 132 Å². The van der Waals surface area contributed by atoms with Crippen LogP contribution in [0.4, 0.5) is 11.4 Å². The molecule has 2 rings (SSSR count). The molecule has 1 aromatic carbocycles. The number of benzene rings is 1. The number of nitrogens with one attached hydrogen (secondary N) is 2. The van der Waals surface area contributed by atoms with Gasteiger partial charge in [-0.3, -0.25) is 24.6 Å². The molecule has 0 atom stereocenters. The molecule has 23 heavy (non-hydrogen) atoms. The van der Waals surface area contributed by atoms with Gasteiger partial charge in [-0.2, -0.15) is 0 Å². The summed E-state index contributed by atoms with van der Waals surface area (Å²) in [6.45, 7) is 3.92. The number of morpholine rings is 1. The van der Waals surface area contributed by atoms with Crippen molar-refractivity contribution >= 4 is 23.2 Å². The summed E-state index contributed by atoms with van der Waals surface area (Å²) >= 11 is 0. The van der Waals surface area contributed by atoms with Crippen LogP contribution >= 0.6 is 0 Å². The van der Waals surface area contributed by atoms with E-state index in [1.54, 1.807) is 0 Å². The summed E-state index contributed by atoms with van der Waals surface area (Å²) < 4.78 is 5.22. The van der Waals surface area contributed by atoms with E-state index in [2.05, 4.69) is 15.5 Å². The molecule has 9 nitrogen and oxygen atoms in total. The summed E-state index contributed by atoms with van der Waals surface area (Å²) in [7, 11) is 0. The molecule has 2 amide bonds. The standard InChI is InChI=1S/C14H18N4O5/c19-13(15-4-5-17-6-8-23-9-7-17)14(20)16-11-2-1-3-12(10-11)18(21)22/h1-3,10H,4-9H2,(H,15,19)(H,16,20). The number of anilines is 1. The highest BCUT2D eigenvalue weighted by Crippen LogP contribution is 2.16. The van der Waals surface area contributed by atoms with Crippen LogP contribution < -0.4 is 10.6 Å². The van der Waals surface area contributed by atoms with Crippen molar-refractivity contribution in [3.05, 3.63) is 34.4 Å². The number of hydrogen-bond donors (Lipinski definition) is 2. The normalized spacial score (nSPS) is 15.0. The molecule has 1 heterocycles. The van der Waals surface area contributed by atoms with E-state index in [1.807, 2.05) is 0 Å². The summed E-state index contributed by atoms with van der Waals surface area (Å²) in [6.07, 6.45) is 0. The molecule has 124 valence electrons. The smallest absolute Gasteiger partial charge is 0.313 e. The van der Waals surface area contributed by atoms with Crippen LogP contribution in [0.15, 0.2) is 24.3 Å². The Kier molecular flexibility index (Phi) is 6.01. The number of amides is 2. The van der Waals surface area contributed by atoms with E-state index in [0.29, 0.717) is 26.3 Å². The minimum atomic E-state index is -0.854. The van der Waals surface area contributed by atoms with Crippen LogP contribution in [0.5, 0.6) is 0 Å². The Morgan fingerprint density at radius 3 is 2.70 bits per heavy atom. The number of hydrogen-bond acceptors (Lipinski definition) is 6. The van der Waals surface area contributed by atoms with Crippen LogP contribution in [-0.2, 0) is 14.3 Å². The molecule has 0 unspecified atom stereocenters. The fourth-order valence-corrected chi connectivity index (χ4v) is 2.12. The average molecular weight is 322 g/mol. The van der Waals surface area contributed by atoms with E-state index in [1.165, 1.54) is 24.3 Å². The molecule has 1 aromatic rings. The van der Waals surface area contributed by atoms with Gasteiger partial charge in [0.05, 0.1) is 18.1 Å². The Morgan fingerprint density at radius 2 is 2.00 bits per heavy atom. The molecule has 0 bridgehead atoms. The monoisotopic (exact) mass is 322 g/mol. The fraction of sp³-hybridized carbons (Fsp3) is 0.429. The van der Waals surface area contributed by atoms with Crippen LogP contribution in [0.2, 0.25) is 0 Å². The van der Waals surface area contributed by atoms with Crippen molar-refractivity contribution in [2.24, 2.45) is 0 Å². The van der Waals surface area contributed by atoms with Gasteiger partial charge in [0.2, 0.25) is 0 Å². The highest BCUT2D eigenvalue weighted by atomic mass is 16.6. The van der Waals surface area contributed by atoms with Crippen LogP contribution in [0.25, 0.3) is 0 Å². The molecule has 0 radical (unpaired) electrons. The summed E-state index contributed by atoms with van der Waals surface area (Å²) in [5.74, 6) is -1.63. The van der Waals surface area contributed by atoms with Crippen molar-refractivity contribution in [3.8, 4) is 0 Å². The molecule has 1 aliphatic rings. The lowest BCUT2D eigenvalue weighted by Gasteiger charge is -2.26. The zero-order chi connectivity index (χ0) is 16.7. The minimum Gasteiger partial charge on any atom is -0.379 e. The first-order chi connectivity index (χ1) is 11.1. The van der Waals surface area contributed by atoms with Crippen LogP contribution in [-0.4, -0.2) is 61.0 Å². The first-order valence-electron chi connectivity index (χ1n) is 7.20. The second-order valence-electron chi connectivity index (χ2n) is 4.97. The zero-order valence-electron chi connectivity index (χ0n) is 12.5. The molecule has 0 aliphatic carbocycles. The van der Waals surface area contributed by atoms with Gasteiger partial charge in [-0.15, -0.1) is 0 Å². The van der Waals surface area contributed by atoms with Gasteiger partial charge in [0, 0.05) is 44.0 Å². The first-order valence-corrected chi connectivity index (χ1v) is 7.20. The summed E-state index contributed by atoms with van der Waals surface area (Å²) in [4.78, 5) is 35.7. The van der Waals surface area contributed by atoms with Gasteiger partial charge >= 0.3 is 11.8 Å². The maximum absolute atomic E-state index is 11.7. The van der Waals surface area contributed by atoms with Crippen molar-refractivity contribution in [3.63, 3.8) is 0 Å². The predicted molar refractivity (Wildman–Crippen MR) is 82.0 cm³/mol. The van der Waals surface area contributed by atoms with Gasteiger partial charge in [0.15, 0.2) is 0 Å². The maximum atomic E-state index is 11.7. The maximum Gasteiger partial charge on any atom is 0.313 e. The van der Waals surface area contributed by atoms with E-state index in [-0.39, 0.29) is 11.4 Å². The molecule has 2 N–H and O–H groups in total. The number of nitro benzene ring substituents is 1. The zero-order valence-corrected chi connectivity index (χ0v) is 12.5. The van der Waals surface area contributed by atoms with Gasteiger partial charge in [-0.25, -0.2) is 0 Å². The number of rotatable bonds is 5. The van der Waals surface area contributed by atoms with E-state index in [9.17, 15) is 19.7 Å². The van der Waals surface area contributed by atoms with Gasteiger partial charge in [-0.05, 0) is 6.07 Å². The van der Waals surface area contributed by atoms with Crippen LogP contribution in [0.1, 0.15) is 0 Å². The highest BCUT2D eigenvalue weighted by molar-refractivity contribution is 6.39. The summed E-state index contributed by atoms with van der Waals surface area (Å²) in [6, 6.07) is 5.41. The van der Waals surface area contributed by atoms with Gasteiger partial charge < -0.3 is 15.4 Å². The molecule has 0 spiro atoms. The van der Waals surface area contributed by atoms with E-state index < -0.39 is 16.7 Å². The van der Waals surface area contributed by atoms with Crippen molar-refractivity contribution in [2.45, 2.75) is 0 Å². The molecule has 1 aliphatic heterocycles. The average Bonchev–Trinajstić information content (AvgIpc) is 2.56. The third-order valence-electron chi connectivity index (χ3n) is 3.34. The Bertz CT molecular complexity index is 586. The van der Waals surface area contributed by atoms with Gasteiger partial charge in [0.25, 0.3) is 5.69 Å². The predicted octanol–water partition coefficient (Wildman–Crippen LogP) is -0.0183. The lowest BCUT2D eigenvalue weighted by molar-refractivity contribution is -0.384. The second kappa shape index (κ2) is 8.20. The van der Waals surface area contributed by atoms with Gasteiger partial charge in [0.1, 0.15) is 0 Å². The molecule has 1 saturated heterocycles. The number of non-ortho nitro benzene ring substituents is 1. The Hall–Kier alpha value is -2.52. The topological polar surface area (TPSA) is 114 Å². The SMILES string of the molecule is O=C(NCCN1CCOCC1)C(=O)Nc1cccc([N+](=O)[O-])c1. The van der Waals surface area contributed by atoms with Gasteiger partial charge in [-0.1, -0.05) is 6.07 Å². The summed E-state index contributed by atoms with van der Waals surface area (Å²) in [5, 5.41) is 15.5. The van der Waals surface area contributed by atoms with Crippen molar-refractivity contribution < 1.29 is 19.2 Å².